The molecular weight excluding hydrogens is 652 g/mol. The highest BCUT2D eigenvalue weighted by atomic mass is 35.5. The van der Waals surface area contributed by atoms with Crippen LogP contribution in [0.1, 0.15) is 31.8 Å². The van der Waals surface area contributed by atoms with Crippen molar-refractivity contribution < 1.29 is 22.8 Å². The number of nitrogens with one attached hydrogen (secondary N) is 2. The van der Waals surface area contributed by atoms with Gasteiger partial charge < -0.3 is 18.3 Å². The summed E-state index contributed by atoms with van der Waals surface area (Å²) in [5, 5.41) is 17.4. The van der Waals surface area contributed by atoms with Gasteiger partial charge in [0, 0.05) is 35.3 Å². The molecule has 0 saturated carbocycles. The Balaban J connectivity index is 0.000000186. The predicted octanol–water partition coefficient (Wildman–Crippen LogP) is 7.32. The lowest BCUT2D eigenvalue weighted by atomic mass is 10.1. The van der Waals surface area contributed by atoms with Gasteiger partial charge in [-0.05, 0) is 91.3 Å². The van der Waals surface area contributed by atoms with Crippen molar-refractivity contribution in [3.8, 4) is 0 Å². The number of aryl methyl sites for hydroxylation is 3. The van der Waals surface area contributed by atoms with Gasteiger partial charge in [0.15, 0.2) is 11.6 Å². The molecule has 0 atom stereocenters. The van der Waals surface area contributed by atoms with Gasteiger partial charge in [-0.1, -0.05) is 29.3 Å². The van der Waals surface area contributed by atoms with Crippen LogP contribution in [0.15, 0.2) is 84.9 Å². The lowest BCUT2D eigenvalue weighted by Crippen LogP contribution is -2.25. The second-order valence-corrected chi connectivity index (χ2v) is 11.9. The van der Waals surface area contributed by atoms with E-state index in [1.165, 1.54) is 15.2 Å². The molecule has 0 aliphatic heterocycles. The number of aromatic nitrogens is 4. The first kappa shape index (κ1) is 33.5. The van der Waals surface area contributed by atoms with Gasteiger partial charge in [0.25, 0.3) is 0 Å². The molecule has 13 heteroatoms. The summed E-state index contributed by atoms with van der Waals surface area (Å²) in [7, 11) is 3.41. The summed E-state index contributed by atoms with van der Waals surface area (Å²) in [6.07, 6.45) is -4.50. The molecule has 0 radical (unpaired) electrons. The Labute approximate surface area is 276 Å². The van der Waals surface area contributed by atoms with Crippen LogP contribution < -0.4 is 11.2 Å². The number of benzene rings is 4. The first-order chi connectivity index (χ1) is 22.1. The normalized spacial score (nSPS) is 11.5. The minimum absolute atomic E-state index is 0.0378. The maximum absolute atomic E-state index is 13.0. The molecular formula is C34H29Cl2F3N6O2. The lowest BCUT2D eigenvalue weighted by molar-refractivity contribution is -0.137. The number of carbonyl (C=O) groups excluding carboxylic acids is 2. The number of carbonyl (C=O) groups is 2. The van der Waals surface area contributed by atoms with Gasteiger partial charge in [-0.25, -0.2) is 0 Å². The van der Waals surface area contributed by atoms with E-state index in [4.69, 9.17) is 34.0 Å². The third-order valence-electron chi connectivity index (χ3n) is 7.82. The molecule has 6 aromatic rings. The quantitative estimate of drug-likeness (QED) is 0.180. The highest BCUT2D eigenvalue weighted by Gasteiger charge is 2.31. The number of hydrogen-bond acceptors (Lipinski definition) is 4. The fourth-order valence-corrected chi connectivity index (χ4v) is 5.46. The maximum Gasteiger partial charge on any atom is 0.416 e. The molecule has 8 nitrogen and oxygen atoms in total. The van der Waals surface area contributed by atoms with Crippen molar-refractivity contribution in [1.29, 1.82) is 10.8 Å². The van der Waals surface area contributed by atoms with Gasteiger partial charge in [0.2, 0.25) is 11.2 Å². The Morgan fingerprint density at radius 1 is 0.638 bits per heavy atom. The van der Waals surface area contributed by atoms with Crippen LogP contribution in [0.5, 0.6) is 0 Å². The van der Waals surface area contributed by atoms with Crippen LogP contribution in [0.4, 0.5) is 13.2 Å². The van der Waals surface area contributed by atoms with Crippen molar-refractivity contribution in [2.24, 2.45) is 14.1 Å². The molecule has 0 saturated heterocycles. The molecule has 6 rings (SSSR count). The predicted molar refractivity (Wildman–Crippen MR) is 175 cm³/mol. The van der Waals surface area contributed by atoms with Gasteiger partial charge in [-0.2, -0.15) is 13.2 Å². The molecule has 0 amide bonds. The summed E-state index contributed by atoms with van der Waals surface area (Å²) in [5.74, 6) is -0.357. The summed E-state index contributed by atoms with van der Waals surface area (Å²) < 4.78 is 45.2. The fraction of sp³-hybridized carbons (Fsp3) is 0.176. The number of ketones is 2. The summed E-state index contributed by atoms with van der Waals surface area (Å²) in [6, 6.07) is 22.3. The molecule has 2 aromatic heterocycles. The summed E-state index contributed by atoms with van der Waals surface area (Å²) in [4.78, 5) is 24.9. The number of rotatable bonds is 6. The highest BCUT2D eigenvalue weighted by molar-refractivity contribution is 6.31. The Hall–Kier alpha value is -4.87. The highest BCUT2D eigenvalue weighted by Crippen LogP contribution is 2.31. The number of fused-ring (bicyclic) bond motifs is 2. The Kier molecular flexibility index (Phi) is 9.33. The van der Waals surface area contributed by atoms with E-state index in [0.717, 1.165) is 28.7 Å². The zero-order chi connectivity index (χ0) is 34.2. The SMILES string of the molecule is Cc1ccc2c(c1)n(CC(=O)c1ccc(Cl)cc1)c(=N)n2C.Cn1c(=N)n(CC(=O)c2ccc(Cl)cc2)c2cc(C(F)(F)F)ccc21. The molecule has 0 fully saturated rings. The Bertz CT molecular complexity index is 2260. The second kappa shape index (κ2) is 13.1. The smallest absolute Gasteiger partial charge is 0.313 e. The van der Waals surface area contributed by atoms with E-state index in [9.17, 15) is 22.8 Å². The third kappa shape index (κ3) is 6.96. The topological polar surface area (TPSA) is 102 Å². The van der Waals surface area contributed by atoms with Gasteiger partial charge in [-0.3, -0.25) is 20.4 Å². The molecule has 47 heavy (non-hydrogen) atoms. The monoisotopic (exact) mass is 680 g/mol. The molecule has 0 aliphatic rings. The van der Waals surface area contributed by atoms with Crippen LogP contribution >= 0.6 is 23.2 Å². The third-order valence-corrected chi connectivity index (χ3v) is 8.32. The van der Waals surface area contributed by atoms with Crippen molar-refractivity contribution >= 4 is 56.8 Å². The van der Waals surface area contributed by atoms with Crippen molar-refractivity contribution in [1.82, 2.24) is 18.3 Å². The maximum atomic E-state index is 13.0. The fourth-order valence-electron chi connectivity index (χ4n) is 5.21. The van der Waals surface area contributed by atoms with Gasteiger partial charge in [0.05, 0.1) is 40.7 Å². The van der Waals surface area contributed by atoms with Crippen LogP contribution in [-0.2, 0) is 33.4 Å². The lowest BCUT2D eigenvalue weighted by Gasteiger charge is -2.08. The number of halogens is 5. The summed E-state index contributed by atoms with van der Waals surface area (Å²) in [6.45, 7) is 1.90. The molecule has 0 spiro atoms. The summed E-state index contributed by atoms with van der Waals surface area (Å²) in [5.41, 5.74) is 3.98. The largest absolute Gasteiger partial charge is 0.416 e. The van der Waals surface area contributed by atoms with E-state index in [1.807, 2.05) is 32.2 Å². The van der Waals surface area contributed by atoms with Crippen molar-refractivity contribution in [3.63, 3.8) is 0 Å². The zero-order valence-corrected chi connectivity index (χ0v) is 27.0. The van der Waals surface area contributed by atoms with Gasteiger partial charge in [0.1, 0.15) is 0 Å². The van der Waals surface area contributed by atoms with E-state index in [0.29, 0.717) is 32.3 Å². The second-order valence-electron chi connectivity index (χ2n) is 11.0. The van der Waals surface area contributed by atoms with Gasteiger partial charge in [-0.15, -0.1) is 0 Å². The number of imidazole rings is 2. The number of alkyl halides is 3. The average Bonchev–Trinajstić information content (AvgIpc) is 3.41. The van der Waals surface area contributed by atoms with E-state index < -0.39 is 11.7 Å². The van der Waals surface area contributed by atoms with Gasteiger partial charge >= 0.3 is 6.18 Å². The molecule has 0 aliphatic carbocycles. The number of nitrogens with zero attached hydrogens (tertiary/aromatic N) is 4. The zero-order valence-electron chi connectivity index (χ0n) is 25.5. The van der Waals surface area contributed by atoms with Crippen LogP contribution in [-0.4, -0.2) is 29.8 Å². The van der Waals surface area contributed by atoms with Crippen LogP contribution in [0.3, 0.4) is 0 Å². The van der Waals surface area contributed by atoms with Crippen LogP contribution in [0.2, 0.25) is 10.0 Å². The molecule has 0 bridgehead atoms. The number of hydrogen-bond donors (Lipinski definition) is 2. The standard InChI is InChI=1S/C17H13ClF3N3O.C17H16ClN3O/c1-23-13-7-4-11(17(19,20)21)8-14(13)24(16(23)22)9-15(25)10-2-5-12(18)6-3-10;1-11-3-8-14-15(9-11)21(17(19)20(14)2)10-16(22)12-4-6-13(18)7-5-12/h2-8,22H,9H2,1H3;3-9,19H,10H2,1-2H3. The van der Waals surface area contributed by atoms with E-state index in [2.05, 4.69) is 0 Å². The van der Waals surface area contributed by atoms with Crippen molar-refractivity contribution in [2.75, 3.05) is 0 Å². The Morgan fingerprint density at radius 3 is 1.47 bits per heavy atom. The van der Waals surface area contributed by atoms with Crippen molar-refractivity contribution in [2.45, 2.75) is 26.2 Å². The number of Topliss-reactive ketones (excluding diaryl/α,β-unsaturated/α-hetero) is 2. The Morgan fingerprint density at radius 2 is 1.04 bits per heavy atom. The molecule has 4 aromatic carbocycles. The van der Waals surface area contributed by atoms with E-state index >= 15 is 0 Å². The molecule has 2 heterocycles. The van der Waals surface area contributed by atoms with Crippen molar-refractivity contribution in [3.05, 3.63) is 128 Å². The van der Waals surface area contributed by atoms with Crippen LogP contribution in [0.25, 0.3) is 22.1 Å². The van der Waals surface area contributed by atoms with E-state index in [1.54, 1.807) is 64.7 Å². The first-order valence-corrected chi connectivity index (χ1v) is 15.0. The molecule has 0 unspecified atom stereocenters. The minimum Gasteiger partial charge on any atom is -0.313 e. The van der Waals surface area contributed by atoms with Crippen LogP contribution in [0, 0.1) is 17.7 Å². The molecule has 242 valence electrons. The minimum atomic E-state index is -4.50. The average molecular weight is 682 g/mol. The van der Waals surface area contributed by atoms with E-state index in [-0.39, 0.29) is 35.8 Å². The first-order valence-electron chi connectivity index (χ1n) is 14.2. The summed E-state index contributed by atoms with van der Waals surface area (Å²) >= 11 is 11.6. The molecule has 2 N–H and O–H groups in total.